The van der Waals surface area contributed by atoms with E-state index in [9.17, 15) is 14.7 Å². The van der Waals surface area contributed by atoms with Gasteiger partial charge in [0.15, 0.2) is 5.65 Å². The van der Waals surface area contributed by atoms with Crippen LogP contribution >= 0.6 is 0 Å². The fraction of sp³-hybridized carbons (Fsp3) is 0.176. The van der Waals surface area contributed by atoms with Gasteiger partial charge in [-0.3, -0.25) is 14.6 Å². The average Bonchev–Trinajstić information content (AvgIpc) is 3.14. The van der Waals surface area contributed by atoms with Crippen molar-refractivity contribution in [1.29, 1.82) is 0 Å². The molecule has 3 heterocycles. The van der Waals surface area contributed by atoms with Crippen molar-refractivity contribution >= 4 is 22.5 Å². The molecule has 0 aliphatic rings. The van der Waals surface area contributed by atoms with Crippen molar-refractivity contribution in [2.75, 3.05) is 0 Å². The molecule has 1 aromatic carbocycles. The molecule has 0 amide bonds. The molecule has 0 spiro atoms. The van der Waals surface area contributed by atoms with Crippen LogP contribution < -0.4 is 5.56 Å². The summed E-state index contributed by atoms with van der Waals surface area (Å²) < 4.78 is 3.03. The molecule has 2 N–H and O–H groups in total. The maximum absolute atomic E-state index is 12.4. The average molecular weight is 337 g/mol. The highest BCUT2D eigenvalue weighted by atomic mass is 16.4. The van der Waals surface area contributed by atoms with Gasteiger partial charge in [0.05, 0.1) is 17.4 Å². The molecule has 4 rings (SSSR count). The number of nitrogens with zero attached hydrogens (tertiary/aromatic N) is 4. The van der Waals surface area contributed by atoms with E-state index in [-0.39, 0.29) is 16.8 Å². The minimum Gasteiger partial charge on any atom is -0.477 e. The molecule has 0 radical (unpaired) electrons. The fourth-order valence-corrected chi connectivity index (χ4v) is 3.05. The molecular weight excluding hydrogens is 322 g/mol. The zero-order valence-corrected chi connectivity index (χ0v) is 13.6. The first-order valence-corrected chi connectivity index (χ1v) is 7.81. The second kappa shape index (κ2) is 5.30. The lowest BCUT2D eigenvalue weighted by Crippen LogP contribution is -2.15. The van der Waals surface area contributed by atoms with E-state index in [0.717, 1.165) is 27.5 Å². The Labute approximate surface area is 141 Å². The molecule has 0 atom stereocenters. The van der Waals surface area contributed by atoms with Crippen molar-refractivity contribution in [1.82, 2.24) is 24.4 Å². The standard InChI is InChI=1S/C17H15N5O3/c1-3-21-13-5-4-10(6-11(13)8-18-21)12-7-14(23)22-16(19-12)15(17(24)25)9(2)20-22/h4-8,20H,3H2,1-2H3,(H,24,25). The monoisotopic (exact) mass is 337 g/mol. The van der Waals surface area contributed by atoms with Gasteiger partial charge in [-0.1, -0.05) is 6.07 Å². The summed E-state index contributed by atoms with van der Waals surface area (Å²) in [4.78, 5) is 28.2. The summed E-state index contributed by atoms with van der Waals surface area (Å²) in [7, 11) is 0. The zero-order valence-electron chi connectivity index (χ0n) is 13.6. The zero-order chi connectivity index (χ0) is 17.7. The lowest BCUT2D eigenvalue weighted by molar-refractivity contribution is 0.0698. The number of aromatic amines is 1. The molecule has 0 bridgehead atoms. The highest BCUT2D eigenvalue weighted by Gasteiger charge is 2.19. The van der Waals surface area contributed by atoms with Crippen LogP contribution in [0.15, 0.2) is 35.3 Å². The second-order valence-electron chi connectivity index (χ2n) is 5.79. The second-order valence-corrected chi connectivity index (χ2v) is 5.79. The van der Waals surface area contributed by atoms with Gasteiger partial charge in [-0.05, 0) is 26.0 Å². The van der Waals surface area contributed by atoms with Crippen LogP contribution in [-0.4, -0.2) is 35.5 Å². The van der Waals surface area contributed by atoms with Crippen LogP contribution in [0, 0.1) is 6.92 Å². The Bertz CT molecular complexity index is 1200. The molecule has 0 saturated heterocycles. The van der Waals surface area contributed by atoms with Gasteiger partial charge in [-0.15, -0.1) is 0 Å². The van der Waals surface area contributed by atoms with E-state index in [1.54, 1.807) is 13.1 Å². The number of hydrogen-bond donors (Lipinski definition) is 2. The molecule has 4 aromatic rings. The third-order valence-corrected chi connectivity index (χ3v) is 4.25. The Morgan fingerprint density at radius 1 is 1.32 bits per heavy atom. The van der Waals surface area contributed by atoms with Gasteiger partial charge in [0.2, 0.25) is 0 Å². The maximum Gasteiger partial charge on any atom is 0.341 e. The van der Waals surface area contributed by atoms with Crippen LogP contribution in [0.2, 0.25) is 0 Å². The molecule has 0 unspecified atom stereocenters. The fourth-order valence-electron chi connectivity index (χ4n) is 3.05. The van der Waals surface area contributed by atoms with E-state index in [4.69, 9.17) is 0 Å². The van der Waals surface area contributed by atoms with E-state index in [1.165, 1.54) is 6.07 Å². The SMILES string of the molecule is CCn1ncc2cc(-c3cc(=O)n4[nH]c(C)c(C(=O)O)c4n3)ccc21. The number of rotatable bonds is 3. The summed E-state index contributed by atoms with van der Waals surface area (Å²) in [5.74, 6) is -1.13. The number of H-pyrrole nitrogens is 1. The van der Waals surface area contributed by atoms with Crippen molar-refractivity contribution in [3.05, 3.63) is 52.1 Å². The normalized spacial score (nSPS) is 11.4. The van der Waals surface area contributed by atoms with E-state index in [1.807, 2.05) is 29.8 Å². The minimum absolute atomic E-state index is 0.00108. The number of carboxylic acids is 1. The molecule has 0 aliphatic carbocycles. The van der Waals surface area contributed by atoms with Crippen LogP contribution in [-0.2, 0) is 6.54 Å². The van der Waals surface area contributed by atoms with Gasteiger partial charge in [0.25, 0.3) is 5.56 Å². The first kappa shape index (κ1) is 15.1. The third-order valence-electron chi connectivity index (χ3n) is 4.25. The Hall–Kier alpha value is -3.42. The van der Waals surface area contributed by atoms with Crippen molar-refractivity contribution in [2.24, 2.45) is 0 Å². The van der Waals surface area contributed by atoms with Crippen molar-refractivity contribution < 1.29 is 9.90 Å². The van der Waals surface area contributed by atoms with Gasteiger partial charge >= 0.3 is 5.97 Å². The molecular formula is C17H15N5O3. The van der Waals surface area contributed by atoms with E-state index < -0.39 is 5.97 Å². The Morgan fingerprint density at radius 2 is 2.12 bits per heavy atom. The smallest absolute Gasteiger partial charge is 0.341 e. The Balaban J connectivity index is 1.96. The molecule has 0 aliphatic heterocycles. The van der Waals surface area contributed by atoms with Gasteiger partial charge in [0.1, 0.15) is 5.56 Å². The van der Waals surface area contributed by atoms with Crippen LogP contribution in [0.4, 0.5) is 0 Å². The summed E-state index contributed by atoms with van der Waals surface area (Å²) in [5.41, 5.74) is 2.29. The summed E-state index contributed by atoms with van der Waals surface area (Å²) in [5, 5.41) is 17.4. The highest BCUT2D eigenvalue weighted by molar-refractivity contribution is 5.96. The van der Waals surface area contributed by atoms with E-state index in [0.29, 0.717) is 11.4 Å². The van der Waals surface area contributed by atoms with Gasteiger partial charge in [-0.25, -0.2) is 14.3 Å². The highest BCUT2D eigenvalue weighted by Crippen LogP contribution is 2.23. The Morgan fingerprint density at radius 3 is 2.84 bits per heavy atom. The summed E-state index contributed by atoms with van der Waals surface area (Å²) in [6.45, 7) is 4.37. The van der Waals surface area contributed by atoms with Gasteiger partial charge in [0, 0.05) is 29.3 Å². The number of carbonyl (C=O) groups is 1. The number of aromatic nitrogens is 5. The summed E-state index contributed by atoms with van der Waals surface area (Å²) in [6, 6.07) is 7.06. The number of aryl methyl sites for hydroxylation is 2. The largest absolute Gasteiger partial charge is 0.477 e. The lowest BCUT2D eigenvalue weighted by atomic mass is 10.1. The predicted molar refractivity (Wildman–Crippen MR) is 91.9 cm³/mol. The van der Waals surface area contributed by atoms with Crippen LogP contribution in [0.1, 0.15) is 23.0 Å². The number of benzene rings is 1. The first-order valence-electron chi connectivity index (χ1n) is 7.81. The molecule has 3 aromatic heterocycles. The summed E-state index contributed by atoms with van der Waals surface area (Å²) in [6.07, 6.45) is 1.76. The topological polar surface area (TPSA) is 105 Å². The van der Waals surface area contributed by atoms with Gasteiger partial charge < -0.3 is 5.11 Å². The Kier molecular flexibility index (Phi) is 3.21. The van der Waals surface area contributed by atoms with E-state index in [2.05, 4.69) is 15.2 Å². The third kappa shape index (κ3) is 2.22. The van der Waals surface area contributed by atoms with E-state index >= 15 is 0 Å². The molecule has 0 saturated carbocycles. The molecule has 126 valence electrons. The minimum atomic E-state index is -1.13. The summed E-state index contributed by atoms with van der Waals surface area (Å²) >= 11 is 0. The molecule has 8 nitrogen and oxygen atoms in total. The predicted octanol–water partition coefficient (Wildman–Crippen LogP) is 2.07. The maximum atomic E-state index is 12.4. The first-order chi connectivity index (χ1) is 12.0. The van der Waals surface area contributed by atoms with Crippen LogP contribution in [0.3, 0.4) is 0 Å². The van der Waals surface area contributed by atoms with Crippen molar-refractivity contribution in [3.8, 4) is 11.3 Å². The van der Waals surface area contributed by atoms with Gasteiger partial charge in [-0.2, -0.15) is 5.10 Å². The lowest BCUT2D eigenvalue weighted by Gasteiger charge is -2.03. The number of carboxylic acid groups (broad SMARTS) is 1. The van der Waals surface area contributed by atoms with Crippen LogP contribution in [0.25, 0.3) is 27.8 Å². The molecule has 8 heteroatoms. The number of aromatic carboxylic acids is 1. The van der Waals surface area contributed by atoms with Crippen LogP contribution in [0.5, 0.6) is 0 Å². The van der Waals surface area contributed by atoms with Crippen molar-refractivity contribution in [2.45, 2.75) is 20.4 Å². The van der Waals surface area contributed by atoms with Crippen molar-refractivity contribution in [3.63, 3.8) is 0 Å². The molecule has 0 fully saturated rings. The number of nitrogens with one attached hydrogen (secondary N) is 1. The number of hydrogen-bond acceptors (Lipinski definition) is 4. The molecule has 25 heavy (non-hydrogen) atoms. The quantitative estimate of drug-likeness (QED) is 0.595. The number of fused-ring (bicyclic) bond motifs is 2.